The highest BCUT2D eigenvalue weighted by molar-refractivity contribution is 7.16. The van der Waals surface area contributed by atoms with Gasteiger partial charge in [-0.15, -0.1) is 11.3 Å². The third kappa shape index (κ3) is 5.59. The Morgan fingerprint density at radius 2 is 1.80 bits per heavy atom. The summed E-state index contributed by atoms with van der Waals surface area (Å²) >= 11 is 1.33. The molecule has 4 rings (SSSR count). The lowest BCUT2D eigenvalue weighted by Crippen LogP contribution is -2.32. The normalized spacial score (nSPS) is 12.5. The van der Waals surface area contributed by atoms with Crippen LogP contribution in [0.1, 0.15) is 44.8 Å². The number of rotatable bonds is 5. The second kappa shape index (κ2) is 10.7. The van der Waals surface area contributed by atoms with Gasteiger partial charge in [-0.05, 0) is 73.2 Å². The number of anilines is 1. The average Bonchev–Trinajstić information content (AvgIpc) is 3.22. The van der Waals surface area contributed by atoms with E-state index < -0.39 is 23.6 Å². The molecule has 0 atom stereocenters. The van der Waals surface area contributed by atoms with E-state index in [2.05, 4.69) is 21.9 Å². The number of halogens is 1. The molecule has 1 heterocycles. The molecular weight excluding hydrogens is 471 g/mol. The van der Waals surface area contributed by atoms with Crippen LogP contribution >= 0.6 is 11.3 Å². The van der Waals surface area contributed by atoms with Gasteiger partial charge in [-0.1, -0.05) is 12.1 Å². The molecule has 10 heteroatoms. The van der Waals surface area contributed by atoms with Crippen LogP contribution in [0.5, 0.6) is 5.75 Å². The molecule has 0 radical (unpaired) electrons. The van der Waals surface area contributed by atoms with Gasteiger partial charge < -0.3 is 10.1 Å². The van der Waals surface area contributed by atoms with E-state index in [-0.39, 0.29) is 11.3 Å². The van der Waals surface area contributed by atoms with Crippen LogP contribution < -0.4 is 15.5 Å². The van der Waals surface area contributed by atoms with Crippen molar-refractivity contribution in [2.45, 2.75) is 25.7 Å². The summed E-state index contributed by atoms with van der Waals surface area (Å²) in [5.74, 6) is -3.21. The van der Waals surface area contributed by atoms with Gasteiger partial charge >= 0.3 is 17.8 Å². The summed E-state index contributed by atoms with van der Waals surface area (Å²) in [6.07, 6.45) is 4.99. The number of carbonyl (C=O) groups is 3. The fourth-order valence-electron chi connectivity index (χ4n) is 3.56. The average molecular weight is 491 g/mol. The molecule has 3 aromatic rings. The Bertz CT molecular complexity index is 1360. The maximum Gasteiger partial charge on any atom is 0.346 e. The molecule has 35 heavy (non-hydrogen) atoms. The summed E-state index contributed by atoms with van der Waals surface area (Å²) < 4.78 is 18.8. The summed E-state index contributed by atoms with van der Waals surface area (Å²) in [4.78, 5) is 37.5. The molecule has 0 bridgehead atoms. The fourth-order valence-corrected chi connectivity index (χ4v) is 4.79. The molecule has 0 aliphatic heterocycles. The second-order valence-corrected chi connectivity index (χ2v) is 8.72. The van der Waals surface area contributed by atoms with Gasteiger partial charge in [-0.3, -0.25) is 9.59 Å². The number of amides is 2. The van der Waals surface area contributed by atoms with Crippen LogP contribution in [0.2, 0.25) is 0 Å². The van der Waals surface area contributed by atoms with Crippen LogP contribution in [0, 0.1) is 17.1 Å². The first kappa shape index (κ1) is 23.8. The van der Waals surface area contributed by atoms with Crippen LogP contribution in [-0.4, -0.2) is 24.0 Å². The number of fused-ring (bicyclic) bond motifs is 1. The van der Waals surface area contributed by atoms with Crippen molar-refractivity contribution in [2.24, 2.45) is 5.10 Å². The van der Waals surface area contributed by atoms with Gasteiger partial charge in [0.25, 0.3) is 0 Å². The van der Waals surface area contributed by atoms with Crippen molar-refractivity contribution < 1.29 is 23.5 Å². The Labute approximate surface area is 204 Å². The van der Waals surface area contributed by atoms with Crippen LogP contribution in [0.25, 0.3) is 0 Å². The Morgan fingerprint density at radius 3 is 2.54 bits per heavy atom. The van der Waals surface area contributed by atoms with Gasteiger partial charge in [0.1, 0.15) is 22.6 Å². The van der Waals surface area contributed by atoms with Crippen LogP contribution in [0.15, 0.2) is 53.6 Å². The summed E-state index contributed by atoms with van der Waals surface area (Å²) in [6, 6.07) is 13.7. The molecule has 176 valence electrons. The summed E-state index contributed by atoms with van der Waals surface area (Å²) in [5, 5.41) is 16.1. The largest absolute Gasteiger partial charge is 0.423 e. The predicted molar refractivity (Wildman–Crippen MR) is 128 cm³/mol. The van der Waals surface area contributed by atoms with Crippen LogP contribution in [0.3, 0.4) is 0 Å². The van der Waals surface area contributed by atoms with E-state index >= 15 is 0 Å². The van der Waals surface area contributed by atoms with E-state index in [9.17, 15) is 24.0 Å². The molecular formula is C25H19FN4O4S. The number of ether oxygens (including phenoxy) is 1. The number of hydrogen-bond donors (Lipinski definition) is 2. The zero-order chi connectivity index (χ0) is 24.8. The highest BCUT2D eigenvalue weighted by Crippen LogP contribution is 2.37. The first-order valence-corrected chi connectivity index (χ1v) is 11.5. The minimum absolute atomic E-state index is 0.177. The van der Waals surface area contributed by atoms with Crippen LogP contribution in [0.4, 0.5) is 9.39 Å². The predicted octanol–water partition coefficient (Wildman–Crippen LogP) is 3.95. The van der Waals surface area contributed by atoms with Gasteiger partial charge in [0.2, 0.25) is 0 Å². The van der Waals surface area contributed by atoms with Crippen molar-refractivity contribution in [3.63, 3.8) is 0 Å². The number of nitrogens with zero attached hydrogens (tertiary/aromatic N) is 2. The van der Waals surface area contributed by atoms with Crippen molar-refractivity contribution >= 4 is 40.3 Å². The number of carbonyl (C=O) groups excluding carboxylic acids is 3. The number of esters is 1. The quantitative estimate of drug-likeness (QED) is 0.184. The molecule has 0 saturated heterocycles. The van der Waals surface area contributed by atoms with Gasteiger partial charge in [0.15, 0.2) is 0 Å². The Hall–Kier alpha value is -4.36. The van der Waals surface area contributed by atoms with Crippen molar-refractivity contribution in [3.05, 3.63) is 81.5 Å². The molecule has 8 nitrogen and oxygen atoms in total. The molecule has 2 amide bonds. The molecule has 2 aromatic carbocycles. The highest BCUT2D eigenvalue weighted by atomic mass is 32.1. The van der Waals surface area contributed by atoms with Gasteiger partial charge in [0.05, 0.1) is 17.3 Å². The lowest BCUT2D eigenvalue weighted by Gasteiger charge is -2.09. The first-order valence-electron chi connectivity index (χ1n) is 10.7. The van der Waals surface area contributed by atoms with Gasteiger partial charge in [-0.2, -0.15) is 10.4 Å². The number of aryl methyl sites for hydroxylation is 1. The topological polar surface area (TPSA) is 121 Å². The molecule has 1 aliphatic rings. The van der Waals surface area contributed by atoms with E-state index in [0.29, 0.717) is 16.1 Å². The number of nitrogens with one attached hydrogen (secondary N) is 2. The number of nitriles is 1. The zero-order valence-electron chi connectivity index (χ0n) is 18.3. The molecule has 0 saturated carbocycles. The smallest absolute Gasteiger partial charge is 0.346 e. The maximum atomic E-state index is 13.7. The molecule has 1 aliphatic carbocycles. The van der Waals surface area contributed by atoms with Crippen LogP contribution in [-0.2, 0) is 22.4 Å². The lowest BCUT2D eigenvalue weighted by atomic mass is 9.96. The van der Waals surface area contributed by atoms with Crippen molar-refractivity contribution in [2.75, 3.05) is 5.32 Å². The molecule has 2 N–H and O–H groups in total. The SMILES string of the molecule is N#Cc1c(NC(=O)C(=O)NN=Cc2ccc(OC(=O)c3ccccc3F)cc2)sc2c1CCCC2. The van der Waals surface area contributed by atoms with Crippen molar-refractivity contribution in [1.29, 1.82) is 5.26 Å². The highest BCUT2D eigenvalue weighted by Gasteiger charge is 2.23. The number of hydrogen-bond acceptors (Lipinski definition) is 7. The van der Waals surface area contributed by atoms with E-state index in [1.54, 1.807) is 12.1 Å². The first-order chi connectivity index (χ1) is 17.0. The molecule has 0 fully saturated rings. The summed E-state index contributed by atoms with van der Waals surface area (Å²) in [7, 11) is 0. The molecule has 1 aromatic heterocycles. The number of hydrazone groups is 1. The van der Waals surface area contributed by atoms with Crippen molar-refractivity contribution in [3.8, 4) is 11.8 Å². The monoisotopic (exact) mass is 490 g/mol. The van der Waals surface area contributed by atoms with E-state index in [1.807, 2.05) is 0 Å². The maximum absolute atomic E-state index is 13.7. The zero-order valence-corrected chi connectivity index (χ0v) is 19.2. The Balaban J connectivity index is 1.31. The number of thiophene rings is 1. The molecule has 0 unspecified atom stereocenters. The van der Waals surface area contributed by atoms with Crippen molar-refractivity contribution in [1.82, 2.24) is 5.43 Å². The van der Waals surface area contributed by atoms with Gasteiger partial charge in [-0.25, -0.2) is 14.6 Å². The second-order valence-electron chi connectivity index (χ2n) is 7.62. The molecule has 0 spiro atoms. The Morgan fingerprint density at radius 1 is 1.06 bits per heavy atom. The minimum Gasteiger partial charge on any atom is -0.423 e. The fraction of sp³-hybridized carbons (Fsp3) is 0.160. The minimum atomic E-state index is -0.980. The van der Waals surface area contributed by atoms with E-state index in [4.69, 9.17) is 4.74 Å². The van der Waals surface area contributed by atoms with E-state index in [1.165, 1.54) is 53.9 Å². The van der Waals surface area contributed by atoms with E-state index in [0.717, 1.165) is 36.1 Å². The summed E-state index contributed by atoms with van der Waals surface area (Å²) in [5.41, 5.74) is 3.89. The third-order valence-electron chi connectivity index (χ3n) is 5.28. The van der Waals surface area contributed by atoms with Gasteiger partial charge in [0, 0.05) is 4.88 Å². The summed E-state index contributed by atoms with van der Waals surface area (Å²) in [6.45, 7) is 0. The Kier molecular flexibility index (Phi) is 7.28. The standard InChI is InChI=1S/C25H19FN4O4S/c26-20-7-3-1-6-18(20)25(33)34-16-11-9-15(10-12-16)14-28-30-23(32)22(31)29-24-19(13-27)17-5-2-4-8-21(17)35-24/h1,3,6-7,9-12,14H,2,4-5,8H2,(H,29,31)(H,30,32). The number of benzene rings is 2. The lowest BCUT2D eigenvalue weighted by molar-refractivity contribution is -0.136. The third-order valence-corrected chi connectivity index (χ3v) is 6.49.